The van der Waals surface area contributed by atoms with Crippen LogP contribution >= 0.6 is 31.9 Å². The van der Waals surface area contributed by atoms with E-state index in [1.165, 1.54) is 37.0 Å². The zero-order valence-corrected chi connectivity index (χ0v) is 38.0. The van der Waals surface area contributed by atoms with Crippen molar-refractivity contribution in [2.24, 2.45) is 0 Å². The standard InChI is InChI=1S/C16H15FN2.C12H24B2O4.C12H12BrF.C4H3BrN2/c17-15-11-13(16-18-9-4-10-19-16)7-8-14(15)12-5-2-1-3-6-12;1-9(2)10(3,4)16-13(15-9)14-17-11(5,6)12(7,8)18-14;13-10-6-7-11(12(14)8-10)9-4-2-1-3-5-9;5-4-6-2-1-3-7-4/h4-5,7-11H,1-3,6H2;1-8H3;4,6-8H,1-3,5H2;1-3H. The van der Waals surface area contributed by atoms with Crippen LogP contribution in [0.2, 0.25) is 0 Å². The lowest BCUT2D eigenvalue weighted by Crippen LogP contribution is -2.41. The highest BCUT2D eigenvalue weighted by Gasteiger charge is 2.63. The van der Waals surface area contributed by atoms with Crippen LogP contribution in [0.1, 0.15) is 118 Å². The lowest BCUT2D eigenvalue weighted by molar-refractivity contribution is 0.00578. The minimum atomic E-state index is -0.476. The van der Waals surface area contributed by atoms with Crippen molar-refractivity contribution >= 4 is 57.0 Å². The van der Waals surface area contributed by atoms with Gasteiger partial charge in [0.25, 0.3) is 0 Å². The molecule has 4 aliphatic rings. The highest BCUT2D eigenvalue weighted by molar-refractivity contribution is 9.10. The summed E-state index contributed by atoms with van der Waals surface area (Å²) in [5, 5.41) is 0. The van der Waals surface area contributed by atoms with Gasteiger partial charge in [0.15, 0.2) is 10.6 Å². The first-order valence-corrected chi connectivity index (χ1v) is 21.5. The molecular formula is C44H54B2Br2F2N4O4. The lowest BCUT2D eigenvalue weighted by Gasteiger charge is -2.32. The molecule has 2 fully saturated rings. The number of hydrogen-bond donors (Lipinski definition) is 0. The molecule has 58 heavy (non-hydrogen) atoms. The van der Waals surface area contributed by atoms with Gasteiger partial charge in [0, 0.05) is 46.0 Å². The Hall–Kier alpha value is -3.13. The van der Waals surface area contributed by atoms with Crippen molar-refractivity contribution in [1.82, 2.24) is 19.9 Å². The highest BCUT2D eigenvalue weighted by Crippen LogP contribution is 2.43. The van der Waals surface area contributed by atoms with Gasteiger partial charge in [-0.2, -0.15) is 0 Å². The van der Waals surface area contributed by atoms with Crippen molar-refractivity contribution < 1.29 is 27.4 Å². The maximum atomic E-state index is 14.2. The first kappa shape index (κ1) is 45.9. The van der Waals surface area contributed by atoms with Crippen molar-refractivity contribution in [2.75, 3.05) is 0 Å². The largest absolute Gasteiger partial charge is 0.488 e. The van der Waals surface area contributed by atoms with Crippen LogP contribution in [0.15, 0.2) is 94.7 Å². The van der Waals surface area contributed by atoms with Gasteiger partial charge in [0.05, 0.1) is 22.4 Å². The Bertz CT molecular complexity index is 1970. The van der Waals surface area contributed by atoms with Gasteiger partial charge in [-0.3, -0.25) is 0 Å². The lowest BCUT2D eigenvalue weighted by atomic mass is 9.49. The number of nitrogens with zero attached hydrogens (tertiary/aromatic N) is 4. The van der Waals surface area contributed by atoms with Gasteiger partial charge in [-0.1, -0.05) is 46.3 Å². The van der Waals surface area contributed by atoms with Crippen LogP contribution in [0.25, 0.3) is 22.5 Å². The van der Waals surface area contributed by atoms with E-state index in [9.17, 15) is 8.78 Å². The minimum absolute atomic E-state index is 0.118. The average molecular weight is 922 g/mol. The average Bonchev–Trinajstić information content (AvgIpc) is 3.56. The number of benzene rings is 2. The molecule has 0 spiro atoms. The van der Waals surface area contributed by atoms with Crippen LogP contribution in [-0.4, -0.2) is 56.4 Å². The molecule has 4 aromatic rings. The Morgan fingerprint density at radius 2 is 0.966 bits per heavy atom. The summed E-state index contributed by atoms with van der Waals surface area (Å²) in [4.78, 5) is 15.8. The van der Waals surface area contributed by atoms with E-state index in [4.69, 9.17) is 18.6 Å². The SMILES string of the molecule is Brc1ncccn1.CC1(C)OB(B2OC(C)(C)C(C)(C)O2)OC1(C)C.Fc1cc(-c2ncccn2)ccc1C1=CCCCC1.Fc1cc(Br)ccc1C1=CCCCC1. The van der Waals surface area contributed by atoms with E-state index < -0.39 is 14.0 Å². The van der Waals surface area contributed by atoms with E-state index in [-0.39, 0.29) is 34.0 Å². The van der Waals surface area contributed by atoms with Gasteiger partial charge < -0.3 is 18.6 Å². The van der Waals surface area contributed by atoms with Crippen LogP contribution in [0, 0.1) is 11.6 Å². The van der Waals surface area contributed by atoms with Crippen molar-refractivity contribution in [2.45, 2.75) is 129 Å². The summed E-state index contributed by atoms with van der Waals surface area (Å²) in [5.41, 5.74) is 3.07. The van der Waals surface area contributed by atoms with Crippen LogP contribution in [-0.2, 0) is 18.6 Å². The summed E-state index contributed by atoms with van der Waals surface area (Å²) < 4.78 is 53.1. The van der Waals surface area contributed by atoms with E-state index in [0.29, 0.717) is 10.6 Å². The number of halogens is 4. The summed E-state index contributed by atoms with van der Waals surface area (Å²) in [6, 6.07) is 14.1. The second-order valence-electron chi connectivity index (χ2n) is 16.6. The zero-order chi connectivity index (χ0) is 42.1. The van der Waals surface area contributed by atoms with Gasteiger partial charge in [0.1, 0.15) is 11.6 Å². The number of aromatic nitrogens is 4. The molecule has 2 aliphatic carbocycles. The van der Waals surface area contributed by atoms with Crippen molar-refractivity contribution in [3.05, 3.63) is 117 Å². The normalized spacial score (nSPS) is 19.9. The number of allylic oxidation sites excluding steroid dienone is 4. The smallest absolute Gasteiger partial charge is 0.405 e. The third-order valence-corrected chi connectivity index (χ3v) is 12.2. The Labute approximate surface area is 360 Å². The first-order chi connectivity index (χ1) is 27.4. The molecule has 2 aromatic carbocycles. The molecule has 0 amide bonds. The minimum Gasteiger partial charge on any atom is -0.405 e. The van der Waals surface area contributed by atoms with Gasteiger partial charge in [-0.15, -0.1) is 0 Å². The topological polar surface area (TPSA) is 88.5 Å². The number of hydrogen-bond acceptors (Lipinski definition) is 8. The van der Waals surface area contributed by atoms with Gasteiger partial charge in [-0.25, -0.2) is 28.7 Å². The van der Waals surface area contributed by atoms with Crippen molar-refractivity contribution in [1.29, 1.82) is 0 Å². The van der Waals surface area contributed by atoms with E-state index in [1.807, 2.05) is 79.7 Å². The summed E-state index contributed by atoms with van der Waals surface area (Å²) in [6.07, 6.45) is 19.9. The Balaban J connectivity index is 0.000000154. The fourth-order valence-corrected chi connectivity index (χ4v) is 7.13. The summed E-state index contributed by atoms with van der Waals surface area (Å²) in [7, 11) is -0.952. The van der Waals surface area contributed by atoms with E-state index in [2.05, 4.69) is 63.9 Å². The molecule has 308 valence electrons. The van der Waals surface area contributed by atoms with Crippen LogP contribution in [0.4, 0.5) is 8.78 Å². The van der Waals surface area contributed by atoms with Crippen LogP contribution < -0.4 is 0 Å². The van der Waals surface area contributed by atoms with E-state index in [0.717, 1.165) is 58.8 Å². The molecule has 0 unspecified atom stereocenters. The molecule has 0 radical (unpaired) electrons. The number of rotatable bonds is 4. The molecule has 8 nitrogen and oxygen atoms in total. The summed E-state index contributed by atoms with van der Waals surface area (Å²) >= 11 is 6.35. The molecule has 0 N–H and O–H groups in total. The maximum Gasteiger partial charge on any atom is 0.488 e. The molecular weight excluding hydrogens is 868 g/mol. The third kappa shape index (κ3) is 12.0. The Morgan fingerprint density at radius 1 is 0.552 bits per heavy atom. The van der Waals surface area contributed by atoms with Gasteiger partial charge in [0.2, 0.25) is 0 Å². The molecule has 4 heterocycles. The quantitative estimate of drug-likeness (QED) is 0.148. The van der Waals surface area contributed by atoms with E-state index >= 15 is 0 Å². The Morgan fingerprint density at radius 3 is 1.33 bits per heavy atom. The highest BCUT2D eigenvalue weighted by atomic mass is 79.9. The van der Waals surface area contributed by atoms with Crippen LogP contribution in [0.3, 0.4) is 0 Å². The second-order valence-corrected chi connectivity index (χ2v) is 18.2. The molecule has 2 aromatic heterocycles. The molecule has 8 rings (SSSR count). The molecule has 14 heteroatoms. The molecule has 2 aliphatic heterocycles. The third-order valence-electron chi connectivity index (χ3n) is 11.3. The fraction of sp³-hybridized carbons (Fsp3) is 0.455. The van der Waals surface area contributed by atoms with Gasteiger partial charge in [-0.05, 0) is 164 Å². The first-order valence-electron chi connectivity index (χ1n) is 19.9. The molecule has 0 atom stereocenters. The molecule has 0 bridgehead atoms. The maximum absolute atomic E-state index is 14.2. The molecule has 0 saturated carbocycles. The van der Waals surface area contributed by atoms with E-state index in [1.54, 1.807) is 36.9 Å². The molecule has 2 saturated heterocycles. The Kier molecular flexibility index (Phi) is 15.8. The summed E-state index contributed by atoms with van der Waals surface area (Å²) in [6.45, 7) is 16.2. The summed E-state index contributed by atoms with van der Waals surface area (Å²) in [5.74, 6) is 0.260. The van der Waals surface area contributed by atoms with Crippen LogP contribution in [0.5, 0.6) is 0 Å². The monoisotopic (exact) mass is 920 g/mol. The predicted octanol–water partition coefficient (Wildman–Crippen LogP) is 12.3. The van der Waals surface area contributed by atoms with Crippen molar-refractivity contribution in [3.63, 3.8) is 0 Å². The predicted molar refractivity (Wildman–Crippen MR) is 236 cm³/mol. The van der Waals surface area contributed by atoms with Crippen molar-refractivity contribution in [3.8, 4) is 11.4 Å². The fourth-order valence-electron chi connectivity index (χ4n) is 6.56. The van der Waals surface area contributed by atoms with Gasteiger partial charge >= 0.3 is 14.0 Å². The zero-order valence-electron chi connectivity index (χ0n) is 34.8. The second kappa shape index (κ2) is 20.0.